The van der Waals surface area contributed by atoms with Crippen molar-refractivity contribution in [1.82, 2.24) is 19.7 Å². The Morgan fingerprint density at radius 1 is 1.16 bits per heavy atom. The fraction of sp³-hybridized carbons (Fsp3) is 0.0435. The number of benzene rings is 2. The Labute approximate surface area is 179 Å². The summed E-state index contributed by atoms with van der Waals surface area (Å²) >= 11 is 0. The predicted octanol–water partition coefficient (Wildman–Crippen LogP) is 3.89. The number of rotatable bonds is 7. The van der Waals surface area contributed by atoms with Crippen LogP contribution in [0.4, 0.5) is 11.5 Å². The zero-order valence-electron chi connectivity index (χ0n) is 16.6. The average Bonchev–Trinajstić information content (AvgIpc) is 3.22. The number of aromatic nitrogens is 4. The Morgan fingerprint density at radius 2 is 2.00 bits per heavy atom. The number of amides is 1. The number of nitrogens with zero attached hydrogens (tertiary/aromatic N) is 4. The Morgan fingerprint density at radius 3 is 2.81 bits per heavy atom. The lowest BCUT2D eigenvalue weighted by molar-refractivity contribution is -0.111. The lowest BCUT2D eigenvalue weighted by atomic mass is 10.1. The second-order valence-corrected chi connectivity index (χ2v) is 6.67. The predicted molar refractivity (Wildman–Crippen MR) is 119 cm³/mol. The smallest absolute Gasteiger partial charge is 0.247 e. The van der Waals surface area contributed by atoms with Crippen molar-refractivity contribution in [3.05, 3.63) is 91.5 Å². The van der Waals surface area contributed by atoms with Gasteiger partial charge in [0.1, 0.15) is 17.9 Å². The van der Waals surface area contributed by atoms with Gasteiger partial charge in [0.25, 0.3) is 0 Å². The lowest BCUT2D eigenvalue weighted by Gasteiger charge is -2.11. The number of ether oxygens (including phenoxy) is 1. The third-order valence-electron chi connectivity index (χ3n) is 4.45. The number of anilines is 2. The van der Waals surface area contributed by atoms with Gasteiger partial charge in [-0.15, -0.1) is 0 Å². The molecule has 2 aromatic heterocycles. The van der Waals surface area contributed by atoms with Crippen molar-refractivity contribution in [3.63, 3.8) is 0 Å². The number of nitrogen functional groups attached to an aromatic ring is 1. The number of hydrogen-bond acceptors (Lipinski definition) is 6. The van der Waals surface area contributed by atoms with Crippen LogP contribution in [-0.2, 0) is 11.3 Å². The molecule has 31 heavy (non-hydrogen) atoms. The molecule has 8 nitrogen and oxygen atoms in total. The van der Waals surface area contributed by atoms with Gasteiger partial charge in [-0.1, -0.05) is 43.0 Å². The van der Waals surface area contributed by atoms with Crippen LogP contribution >= 0.6 is 0 Å². The summed E-state index contributed by atoms with van der Waals surface area (Å²) in [5.74, 6) is 0.743. The summed E-state index contributed by atoms with van der Waals surface area (Å²) in [5.41, 5.74) is 9.13. The maximum atomic E-state index is 11.6. The summed E-state index contributed by atoms with van der Waals surface area (Å²) in [6.07, 6.45) is 6.11. The van der Waals surface area contributed by atoms with Gasteiger partial charge in [0, 0.05) is 23.5 Å². The molecule has 3 N–H and O–H groups in total. The van der Waals surface area contributed by atoms with E-state index in [2.05, 4.69) is 27.0 Å². The summed E-state index contributed by atoms with van der Waals surface area (Å²) in [7, 11) is 0. The average molecular weight is 412 g/mol. The van der Waals surface area contributed by atoms with Gasteiger partial charge in [0.15, 0.2) is 0 Å². The van der Waals surface area contributed by atoms with Crippen molar-refractivity contribution >= 4 is 17.4 Å². The molecule has 4 rings (SSSR count). The van der Waals surface area contributed by atoms with Gasteiger partial charge in [-0.2, -0.15) is 5.10 Å². The molecule has 2 heterocycles. The van der Waals surface area contributed by atoms with Crippen LogP contribution < -0.4 is 15.8 Å². The summed E-state index contributed by atoms with van der Waals surface area (Å²) in [5, 5.41) is 7.12. The van der Waals surface area contributed by atoms with Crippen LogP contribution in [-0.4, -0.2) is 25.7 Å². The molecule has 1 amide bonds. The van der Waals surface area contributed by atoms with Gasteiger partial charge >= 0.3 is 0 Å². The highest BCUT2D eigenvalue weighted by atomic mass is 16.5. The van der Waals surface area contributed by atoms with E-state index in [1.54, 1.807) is 30.5 Å². The highest BCUT2D eigenvalue weighted by Gasteiger charge is 2.16. The topological polar surface area (TPSA) is 108 Å². The van der Waals surface area contributed by atoms with E-state index in [1.807, 2.05) is 41.2 Å². The van der Waals surface area contributed by atoms with Gasteiger partial charge in [0.05, 0.1) is 18.3 Å². The maximum absolute atomic E-state index is 11.6. The molecule has 0 saturated carbocycles. The van der Waals surface area contributed by atoms with Crippen LogP contribution in [0.25, 0.3) is 11.1 Å². The second-order valence-electron chi connectivity index (χ2n) is 6.67. The molecular weight excluding hydrogens is 392 g/mol. The first-order valence-electron chi connectivity index (χ1n) is 9.51. The number of hydrogen-bond donors (Lipinski definition) is 2. The number of nitrogens with one attached hydrogen (secondary N) is 1. The largest absolute Gasteiger partial charge is 0.438 e. The minimum absolute atomic E-state index is 0.278. The van der Waals surface area contributed by atoms with Crippen LogP contribution in [0.3, 0.4) is 0 Å². The van der Waals surface area contributed by atoms with Crippen molar-refractivity contribution in [2.75, 3.05) is 11.1 Å². The molecule has 0 atom stereocenters. The maximum Gasteiger partial charge on any atom is 0.247 e. The molecule has 4 aromatic rings. The molecule has 154 valence electrons. The zero-order chi connectivity index (χ0) is 21.6. The molecule has 0 spiro atoms. The Hall–Kier alpha value is -4.46. The highest BCUT2D eigenvalue weighted by molar-refractivity contribution is 5.98. The quantitative estimate of drug-likeness (QED) is 0.446. The van der Waals surface area contributed by atoms with Gasteiger partial charge < -0.3 is 15.8 Å². The van der Waals surface area contributed by atoms with Gasteiger partial charge in [-0.05, 0) is 23.8 Å². The Kier molecular flexibility index (Phi) is 5.70. The third-order valence-corrected chi connectivity index (χ3v) is 4.45. The van der Waals surface area contributed by atoms with E-state index in [4.69, 9.17) is 10.5 Å². The molecule has 8 heteroatoms. The number of nitrogens with two attached hydrogens (primary N) is 1. The first-order chi connectivity index (χ1) is 15.1. The second kappa shape index (κ2) is 8.91. The van der Waals surface area contributed by atoms with Crippen molar-refractivity contribution in [2.24, 2.45) is 0 Å². The highest BCUT2D eigenvalue weighted by Crippen LogP contribution is 2.35. The van der Waals surface area contributed by atoms with Gasteiger partial charge in [-0.3, -0.25) is 9.48 Å². The van der Waals surface area contributed by atoms with Crippen LogP contribution in [0.15, 0.2) is 86.0 Å². The summed E-state index contributed by atoms with van der Waals surface area (Å²) in [6, 6.07) is 17.0. The number of carbonyl (C=O) groups excluding carboxylic acids is 1. The summed E-state index contributed by atoms with van der Waals surface area (Å²) in [4.78, 5) is 19.9. The summed E-state index contributed by atoms with van der Waals surface area (Å²) in [6.45, 7) is 4.07. The molecule has 0 radical (unpaired) electrons. The third kappa shape index (κ3) is 4.76. The van der Waals surface area contributed by atoms with E-state index in [0.717, 1.165) is 11.1 Å². The standard InChI is InChI=1S/C23H20N6O2/c1-2-20(30)28-18-9-6-10-19(11-18)31-23-21(22(24)25-15-26-23)17-12-27-29(14-17)13-16-7-4-3-5-8-16/h2-12,14-15H,1,13H2,(H,28,30)(H2,24,25,26). The molecule has 0 aliphatic carbocycles. The normalized spacial score (nSPS) is 10.5. The minimum Gasteiger partial charge on any atom is -0.438 e. The van der Waals surface area contributed by atoms with Crippen LogP contribution in [0.1, 0.15) is 5.56 Å². The van der Waals surface area contributed by atoms with Gasteiger partial charge in [-0.25, -0.2) is 9.97 Å². The van der Waals surface area contributed by atoms with Crippen molar-refractivity contribution < 1.29 is 9.53 Å². The van der Waals surface area contributed by atoms with E-state index in [0.29, 0.717) is 29.4 Å². The zero-order valence-corrected chi connectivity index (χ0v) is 16.6. The van der Waals surface area contributed by atoms with E-state index >= 15 is 0 Å². The molecule has 0 unspecified atom stereocenters. The van der Waals surface area contributed by atoms with E-state index in [9.17, 15) is 4.79 Å². The first-order valence-corrected chi connectivity index (χ1v) is 9.51. The van der Waals surface area contributed by atoms with Gasteiger partial charge in [0.2, 0.25) is 11.8 Å². The van der Waals surface area contributed by atoms with Crippen LogP contribution in [0, 0.1) is 0 Å². The molecule has 2 aromatic carbocycles. The Bertz CT molecular complexity index is 1220. The SMILES string of the molecule is C=CC(=O)Nc1cccc(Oc2ncnc(N)c2-c2cnn(Cc3ccccc3)c2)c1. The van der Waals surface area contributed by atoms with Crippen molar-refractivity contribution in [1.29, 1.82) is 0 Å². The van der Waals surface area contributed by atoms with Crippen LogP contribution in [0.5, 0.6) is 11.6 Å². The van der Waals surface area contributed by atoms with Crippen LogP contribution in [0.2, 0.25) is 0 Å². The van der Waals surface area contributed by atoms with Crippen molar-refractivity contribution in [3.8, 4) is 22.8 Å². The van der Waals surface area contributed by atoms with E-state index in [-0.39, 0.29) is 11.7 Å². The van der Waals surface area contributed by atoms with E-state index < -0.39 is 0 Å². The first kappa shape index (κ1) is 19.8. The molecule has 0 fully saturated rings. The van der Waals surface area contributed by atoms with E-state index in [1.165, 1.54) is 12.4 Å². The summed E-state index contributed by atoms with van der Waals surface area (Å²) < 4.78 is 7.79. The lowest BCUT2D eigenvalue weighted by Crippen LogP contribution is -2.07. The fourth-order valence-corrected chi connectivity index (χ4v) is 3.02. The Balaban J connectivity index is 1.61. The fourth-order valence-electron chi connectivity index (χ4n) is 3.02. The molecule has 0 saturated heterocycles. The minimum atomic E-state index is -0.310. The molecule has 0 aliphatic heterocycles. The number of carbonyl (C=O) groups is 1. The molecule has 0 aliphatic rings. The molecular formula is C23H20N6O2. The van der Waals surface area contributed by atoms with Crippen molar-refractivity contribution in [2.45, 2.75) is 6.54 Å². The monoisotopic (exact) mass is 412 g/mol. The molecule has 0 bridgehead atoms.